The lowest BCUT2D eigenvalue weighted by Crippen LogP contribution is -2.45. The average molecular weight is 248 g/mol. The van der Waals surface area contributed by atoms with Gasteiger partial charge in [-0.25, -0.2) is 0 Å². The highest BCUT2D eigenvalue weighted by molar-refractivity contribution is 6.39. The summed E-state index contributed by atoms with van der Waals surface area (Å²) in [5.41, 5.74) is 4.53. The Balaban J connectivity index is 1.85. The Labute approximate surface area is 105 Å². The third kappa shape index (κ3) is 1.33. The molecule has 2 aliphatic carbocycles. The predicted molar refractivity (Wildman–Crippen MR) is 64.2 cm³/mol. The molecule has 6 atom stereocenters. The first-order chi connectivity index (χ1) is 8.45. The molecule has 3 N–H and O–H groups in total. The second-order valence-electron chi connectivity index (χ2n) is 5.73. The standard InChI is InChI=1S/C13H16N2O3/c1-3-13(2,17)8-5-6-4-7(8)11-9(6)10(12(14)16)15-18-11/h1,6-9,11,17H,4-5H2,2H3,(H2,14,16)/t6-,7-,8-,9-,11+,13+/m1/s1. The fourth-order valence-electron chi connectivity index (χ4n) is 3.97. The number of rotatable bonds is 2. The van der Waals surface area contributed by atoms with Crippen molar-refractivity contribution in [1.29, 1.82) is 0 Å². The van der Waals surface area contributed by atoms with E-state index in [9.17, 15) is 9.90 Å². The lowest BCUT2D eigenvalue weighted by Gasteiger charge is -2.36. The molecule has 0 aromatic carbocycles. The summed E-state index contributed by atoms with van der Waals surface area (Å²) in [6.45, 7) is 1.66. The Kier molecular flexibility index (Phi) is 2.23. The summed E-state index contributed by atoms with van der Waals surface area (Å²) in [5.74, 6) is 2.41. The predicted octanol–water partition coefficient (Wildman–Crippen LogP) is -0.117. The summed E-state index contributed by atoms with van der Waals surface area (Å²) in [6.07, 6.45) is 6.97. The molecular weight excluding hydrogens is 232 g/mol. The smallest absolute Gasteiger partial charge is 0.266 e. The molecule has 2 saturated carbocycles. The van der Waals surface area contributed by atoms with Gasteiger partial charge in [0.25, 0.3) is 5.91 Å². The Morgan fingerprint density at radius 1 is 1.67 bits per heavy atom. The van der Waals surface area contributed by atoms with Crippen molar-refractivity contribution >= 4 is 11.6 Å². The van der Waals surface area contributed by atoms with E-state index in [4.69, 9.17) is 17.0 Å². The average Bonchev–Trinajstić information content (AvgIpc) is 2.99. The molecule has 3 rings (SSSR count). The zero-order valence-corrected chi connectivity index (χ0v) is 10.2. The van der Waals surface area contributed by atoms with E-state index < -0.39 is 11.5 Å². The largest absolute Gasteiger partial charge is 0.391 e. The highest BCUT2D eigenvalue weighted by Crippen LogP contribution is 2.57. The van der Waals surface area contributed by atoms with Crippen LogP contribution in [0.4, 0.5) is 0 Å². The first-order valence-electron chi connectivity index (χ1n) is 6.19. The Bertz CT molecular complexity index is 477. The van der Waals surface area contributed by atoms with Crippen LogP contribution in [0.5, 0.6) is 0 Å². The highest BCUT2D eigenvalue weighted by atomic mass is 16.6. The SMILES string of the molecule is C#C[C@](C)(O)[C@@H]1C[C@H]2C[C@H]1[C@@H]1ON=C(C(N)=O)[C@@H]21. The van der Waals surface area contributed by atoms with Crippen molar-refractivity contribution in [2.75, 3.05) is 0 Å². The van der Waals surface area contributed by atoms with Crippen LogP contribution in [0, 0.1) is 36.0 Å². The number of hydrogen-bond donors (Lipinski definition) is 2. The molecular formula is C13H16N2O3. The third-order valence-electron chi connectivity index (χ3n) is 4.79. The molecule has 5 heteroatoms. The van der Waals surface area contributed by atoms with E-state index in [-0.39, 0.29) is 23.9 Å². The van der Waals surface area contributed by atoms with Gasteiger partial charge in [0, 0.05) is 11.8 Å². The maximum atomic E-state index is 11.3. The number of nitrogens with two attached hydrogens (primary N) is 1. The van der Waals surface area contributed by atoms with Gasteiger partial charge >= 0.3 is 0 Å². The number of terminal acetylenes is 1. The summed E-state index contributed by atoms with van der Waals surface area (Å²) < 4.78 is 0. The first kappa shape index (κ1) is 11.5. The van der Waals surface area contributed by atoms with E-state index in [0.29, 0.717) is 11.6 Å². The topological polar surface area (TPSA) is 84.9 Å². The monoisotopic (exact) mass is 248 g/mol. The second-order valence-corrected chi connectivity index (χ2v) is 5.73. The minimum atomic E-state index is -1.12. The molecule has 0 aromatic heterocycles. The molecule has 96 valence electrons. The van der Waals surface area contributed by atoms with Gasteiger partial charge in [0.2, 0.25) is 0 Å². The summed E-state index contributed by atoms with van der Waals surface area (Å²) in [6, 6.07) is 0. The Hall–Kier alpha value is -1.54. The van der Waals surface area contributed by atoms with Gasteiger partial charge in [0.1, 0.15) is 11.7 Å². The molecule has 0 unspecified atom stereocenters. The number of fused-ring (bicyclic) bond motifs is 5. The van der Waals surface area contributed by atoms with Crippen molar-refractivity contribution in [2.45, 2.75) is 31.5 Å². The van der Waals surface area contributed by atoms with Crippen LogP contribution in [0.2, 0.25) is 0 Å². The zero-order valence-electron chi connectivity index (χ0n) is 10.2. The van der Waals surface area contributed by atoms with E-state index in [1.54, 1.807) is 6.92 Å². The van der Waals surface area contributed by atoms with Crippen LogP contribution in [-0.4, -0.2) is 28.4 Å². The molecule has 0 spiro atoms. The van der Waals surface area contributed by atoms with Gasteiger partial charge in [-0.3, -0.25) is 4.79 Å². The number of oxime groups is 1. The van der Waals surface area contributed by atoms with Gasteiger partial charge in [-0.15, -0.1) is 6.42 Å². The quantitative estimate of drug-likeness (QED) is 0.668. The first-order valence-corrected chi connectivity index (χ1v) is 6.19. The molecule has 1 amide bonds. The van der Waals surface area contributed by atoms with Crippen LogP contribution >= 0.6 is 0 Å². The molecule has 5 nitrogen and oxygen atoms in total. The maximum Gasteiger partial charge on any atom is 0.266 e. The number of carbonyl (C=O) groups excluding carboxylic acids is 1. The summed E-state index contributed by atoms with van der Waals surface area (Å²) in [5, 5.41) is 14.0. The Morgan fingerprint density at radius 2 is 2.39 bits per heavy atom. The fraction of sp³-hybridized carbons (Fsp3) is 0.692. The number of carbonyl (C=O) groups is 1. The van der Waals surface area contributed by atoms with Crippen molar-refractivity contribution in [3.8, 4) is 12.3 Å². The number of hydrogen-bond acceptors (Lipinski definition) is 4. The molecule has 1 heterocycles. The molecule has 2 bridgehead atoms. The van der Waals surface area contributed by atoms with Gasteiger partial charge in [-0.05, 0) is 25.7 Å². The number of primary amides is 1. The molecule has 0 aromatic rings. The zero-order chi connectivity index (χ0) is 13.1. The Morgan fingerprint density at radius 3 is 3.00 bits per heavy atom. The van der Waals surface area contributed by atoms with Gasteiger partial charge in [0.05, 0.1) is 5.92 Å². The van der Waals surface area contributed by atoms with Crippen molar-refractivity contribution in [3.05, 3.63) is 0 Å². The summed E-state index contributed by atoms with van der Waals surface area (Å²) >= 11 is 0. The minimum absolute atomic E-state index is 0.00248. The van der Waals surface area contributed by atoms with Crippen molar-refractivity contribution in [2.24, 2.45) is 34.6 Å². The summed E-state index contributed by atoms with van der Waals surface area (Å²) in [7, 11) is 0. The highest BCUT2D eigenvalue weighted by Gasteiger charge is 2.62. The molecule has 18 heavy (non-hydrogen) atoms. The van der Waals surface area contributed by atoms with E-state index in [1.165, 1.54) is 0 Å². The third-order valence-corrected chi connectivity index (χ3v) is 4.79. The van der Waals surface area contributed by atoms with Crippen LogP contribution in [-0.2, 0) is 9.63 Å². The number of aliphatic hydroxyl groups is 1. The van der Waals surface area contributed by atoms with Crippen molar-refractivity contribution in [1.82, 2.24) is 0 Å². The van der Waals surface area contributed by atoms with E-state index in [2.05, 4.69) is 11.1 Å². The van der Waals surface area contributed by atoms with Crippen LogP contribution in [0.1, 0.15) is 19.8 Å². The van der Waals surface area contributed by atoms with E-state index in [1.807, 2.05) is 0 Å². The minimum Gasteiger partial charge on any atom is -0.391 e. The van der Waals surface area contributed by atoms with Crippen molar-refractivity contribution < 1.29 is 14.7 Å². The molecule has 0 radical (unpaired) electrons. The maximum absolute atomic E-state index is 11.3. The number of nitrogens with zero attached hydrogens (tertiary/aromatic N) is 1. The van der Waals surface area contributed by atoms with Gasteiger partial charge in [-0.1, -0.05) is 11.1 Å². The lowest BCUT2D eigenvalue weighted by atomic mass is 9.72. The normalized spacial score (nSPS) is 43.6. The second kappa shape index (κ2) is 3.48. The van der Waals surface area contributed by atoms with Crippen molar-refractivity contribution in [3.63, 3.8) is 0 Å². The van der Waals surface area contributed by atoms with Crippen LogP contribution in [0.15, 0.2) is 5.16 Å². The van der Waals surface area contributed by atoms with Crippen LogP contribution in [0.3, 0.4) is 0 Å². The molecule has 2 fully saturated rings. The lowest BCUT2D eigenvalue weighted by molar-refractivity contribution is -0.112. The molecule has 0 saturated heterocycles. The molecule has 3 aliphatic rings. The fourth-order valence-corrected chi connectivity index (χ4v) is 3.97. The number of amides is 1. The van der Waals surface area contributed by atoms with Crippen LogP contribution in [0.25, 0.3) is 0 Å². The summed E-state index contributed by atoms with van der Waals surface area (Å²) in [4.78, 5) is 16.6. The van der Waals surface area contributed by atoms with Crippen LogP contribution < -0.4 is 5.73 Å². The molecule has 1 aliphatic heterocycles. The van der Waals surface area contributed by atoms with Gasteiger partial charge in [-0.2, -0.15) is 0 Å². The van der Waals surface area contributed by atoms with Gasteiger partial charge in [0.15, 0.2) is 5.71 Å². The van der Waals surface area contributed by atoms with E-state index >= 15 is 0 Å². The van der Waals surface area contributed by atoms with Gasteiger partial charge < -0.3 is 15.7 Å². The van der Waals surface area contributed by atoms with E-state index in [0.717, 1.165) is 12.8 Å².